The van der Waals surface area contributed by atoms with Crippen molar-refractivity contribution < 1.29 is 28.5 Å². The van der Waals surface area contributed by atoms with Crippen LogP contribution in [-0.4, -0.2) is 38.8 Å². The summed E-state index contributed by atoms with van der Waals surface area (Å²) in [6, 6.07) is 10.1. The fraction of sp³-hybridized carbons (Fsp3) is 0.333. The molecule has 2 aromatic carbocycles. The maximum Gasteiger partial charge on any atom is 0.310 e. The second kappa shape index (κ2) is 11.2. The number of esters is 1. The summed E-state index contributed by atoms with van der Waals surface area (Å²) in [7, 11) is 1.48. The minimum atomic E-state index is -0.537. The summed E-state index contributed by atoms with van der Waals surface area (Å²) < 4.78 is 21.3. The second-order valence-corrected chi connectivity index (χ2v) is 6.31. The van der Waals surface area contributed by atoms with Gasteiger partial charge in [-0.05, 0) is 49.7 Å². The largest absolute Gasteiger partial charge is 0.495 e. The van der Waals surface area contributed by atoms with Gasteiger partial charge in [0.2, 0.25) is 0 Å². The first-order chi connectivity index (χ1) is 14.0. The molecule has 0 heterocycles. The van der Waals surface area contributed by atoms with Crippen molar-refractivity contribution >= 4 is 29.2 Å². The molecule has 7 nitrogen and oxygen atoms in total. The third-order valence-electron chi connectivity index (χ3n) is 3.76. The van der Waals surface area contributed by atoms with Crippen LogP contribution in [0.15, 0.2) is 36.4 Å². The van der Waals surface area contributed by atoms with Crippen LogP contribution in [0, 0.1) is 0 Å². The highest BCUT2D eigenvalue weighted by Crippen LogP contribution is 2.29. The number of anilines is 1. The van der Waals surface area contributed by atoms with E-state index in [0.717, 1.165) is 0 Å². The highest BCUT2D eigenvalue weighted by Gasteiger charge is 2.13. The number of ether oxygens (including phenoxy) is 4. The lowest BCUT2D eigenvalue weighted by Crippen LogP contribution is -2.22. The molecule has 156 valence electrons. The molecule has 0 unspecified atom stereocenters. The molecule has 0 aliphatic heterocycles. The molecule has 1 amide bonds. The first-order valence-corrected chi connectivity index (χ1v) is 9.52. The Morgan fingerprint density at radius 1 is 0.966 bits per heavy atom. The Hall–Kier alpha value is -2.93. The van der Waals surface area contributed by atoms with Crippen molar-refractivity contribution in [2.24, 2.45) is 0 Å². The number of halogens is 1. The molecule has 2 aromatic rings. The van der Waals surface area contributed by atoms with Crippen molar-refractivity contribution in [3.8, 4) is 17.2 Å². The minimum Gasteiger partial charge on any atom is -0.495 e. The molecule has 0 atom stereocenters. The molecular weight excluding hydrogens is 398 g/mol. The molecule has 0 spiro atoms. The second-order valence-electron chi connectivity index (χ2n) is 5.88. The number of hydrogen-bond donors (Lipinski definition) is 1. The van der Waals surface area contributed by atoms with Gasteiger partial charge in [-0.1, -0.05) is 17.7 Å². The van der Waals surface area contributed by atoms with Crippen LogP contribution in [0.5, 0.6) is 17.2 Å². The zero-order valence-electron chi connectivity index (χ0n) is 16.6. The molecule has 8 heteroatoms. The number of rotatable bonds is 10. The smallest absolute Gasteiger partial charge is 0.310 e. The molecule has 0 saturated carbocycles. The van der Waals surface area contributed by atoms with Gasteiger partial charge in [0.1, 0.15) is 5.75 Å². The van der Waals surface area contributed by atoms with Crippen LogP contribution in [0.1, 0.15) is 19.4 Å². The van der Waals surface area contributed by atoms with E-state index in [9.17, 15) is 9.59 Å². The summed E-state index contributed by atoms with van der Waals surface area (Å²) >= 11 is 5.93. The van der Waals surface area contributed by atoms with Crippen molar-refractivity contribution in [3.63, 3.8) is 0 Å². The number of amides is 1. The Balaban J connectivity index is 1.92. The van der Waals surface area contributed by atoms with Gasteiger partial charge in [-0.3, -0.25) is 9.59 Å². The van der Waals surface area contributed by atoms with Crippen molar-refractivity contribution in [2.45, 2.75) is 20.3 Å². The van der Waals surface area contributed by atoms with E-state index < -0.39 is 18.5 Å². The van der Waals surface area contributed by atoms with E-state index in [-0.39, 0.29) is 6.42 Å². The van der Waals surface area contributed by atoms with Crippen molar-refractivity contribution in [1.29, 1.82) is 0 Å². The monoisotopic (exact) mass is 421 g/mol. The van der Waals surface area contributed by atoms with Crippen LogP contribution in [0.25, 0.3) is 0 Å². The highest BCUT2D eigenvalue weighted by molar-refractivity contribution is 6.31. The molecule has 2 rings (SSSR count). The lowest BCUT2D eigenvalue weighted by molar-refractivity contribution is -0.146. The Morgan fingerprint density at radius 2 is 1.66 bits per heavy atom. The molecule has 0 aliphatic rings. The van der Waals surface area contributed by atoms with Gasteiger partial charge >= 0.3 is 5.97 Å². The molecule has 0 fully saturated rings. The Labute approximate surface area is 174 Å². The van der Waals surface area contributed by atoms with Crippen molar-refractivity contribution in [1.82, 2.24) is 0 Å². The molecule has 29 heavy (non-hydrogen) atoms. The normalized spacial score (nSPS) is 10.2. The van der Waals surface area contributed by atoms with Gasteiger partial charge in [-0.2, -0.15) is 0 Å². The van der Waals surface area contributed by atoms with Crippen LogP contribution in [0.4, 0.5) is 5.69 Å². The fourth-order valence-corrected chi connectivity index (χ4v) is 2.71. The lowest BCUT2D eigenvalue weighted by Gasteiger charge is -2.13. The average Bonchev–Trinajstić information content (AvgIpc) is 2.69. The van der Waals surface area contributed by atoms with Crippen LogP contribution in [0.2, 0.25) is 5.02 Å². The number of benzene rings is 2. The molecule has 0 aromatic heterocycles. The van der Waals surface area contributed by atoms with E-state index in [2.05, 4.69) is 5.32 Å². The fourth-order valence-electron chi connectivity index (χ4n) is 2.53. The maximum atomic E-state index is 12.1. The molecule has 0 saturated heterocycles. The van der Waals surface area contributed by atoms with Crippen molar-refractivity contribution in [3.05, 3.63) is 47.0 Å². The average molecular weight is 422 g/mol. The number of carbonyl (C=O) groups is 2. The summed E-state index contributed by atoms with van der Waals surface area (Å²) in [4.78, 5) is 24.2. The van der Waals surface area contributed by atoms with Gasteiger partial charge in [0.25, 0.3) is 5.91 Å². The molecule has 0 bridgehead atoms. The van der Waals surface area contributed by atoms with E-state index in [1.807, 2.05) is 13.8 Å². The summed E-state index contributed by atoms with van der Waals surface area (Å²) in [5.74, 6) is 0.587. The maximum absolute atomic E-state index is 12.1. The van der Waals surface area contributed by atoms with Crippen LogP contribution < -0.4 is 19.5 Å². The van der Waals surface area contributed by atoms with Crippen LogP contribution >= 0.6 is 11.6 Å². The van der Waals surface area contributed by atoms with Gasteiger partial charge in [0, 0.05) is 5.02 Å². The minimum absolute atomic E-state index is 0.000244. The molecule has 0 aliphatic carbocycles. The van der Waals surface area contributed by atoms with Gasteiger partial charge in [-0.15, -0.1) is 0 Å². The summed E-state index contributed by atoms with van der Waals surface area (Å²) in [5.41, 5.74) is 1.09. The van der Waals surface area contributed by atoms with Gasteiger partial charge in [0.15, 0.2) is 18.1 Å². The van der Waals surface area contributed by atoms with Gasteiger partial charge < -0.3 is 24.3 Å². The molecular formula is C21H24ClNO6. The number of hydrogen-bond acceptors (Lipinski definition) is 6. The lowest BCUT2D eigenvalue weighted by atomic mass is 10.1. The highest BCUT2D eigenvalue weighted by atomic mass is 35.5. The third kappa shape index (κ3) is 6.87. The standard InChI is InChI=1S/C21H24ClNO6/c1-4-27-18-8-6-14(10-19(18)28-5-2)11-21(25)29-13-20(24)23-16-12-15(22)7-9-17(16)26-3/h6-10,12H,4-5,11,13H2,1-3H3,(H,23,24). The molecule has 1 N–H and O–H groups in total. The van der Waals surface area contributed by atoms with E-state index in [4.69, 9.17) is 30.5 Å². The first-order valence-electron chi connectivity index (χ1n) is 9.14. The molecule has 0 radical (unpaired) electrons. The summed E-state index contributed by atoms with van der Waals surface area (Å²) in [6.45, 7) is 4.30. The number of nitrogens with one attached hydrogen (secondary N) is 1. The van der Waals surface area contributed by atoms with Gasteiger partial charge in [-0.25, -0.2) is 0 Å². The van der Waals surface area contributed by atoms with Gasteiger partial charge in [0.05, 0.1) is 32.4 Å². The van der Waals surface area contributed by atoms with E-state index in [0.29, 0.717) is 46.7 Å². The summed E-state index contributed by atoms with van der Waals surface area (Å²) in [5, 5.41) is 3.05. The zero-order valence-corrected chi connectivity index (χ0v) is 17.4. The van der Waals surface area contributed by atoms with Crippen LogP contribution in [0.3, 0.4) is 0 Å². The summed E-state index contributed by atoms with van der Waals surface area (Å²) in [6.07, 6.45) is 0.000244. The van der Waals surface area contributed by atoms with Crippen LogP contribution in [-0.2, 0) is 20.7 Å². The van der Waals surface area contributed by atoms with E-state index in [1.165, 1.54) is 7.11 Å². The first kappa shape index (κ1) is 22.4. The Morgan fingerprint density at radius 3 is 2.34 bits per heavy atom. The predicted octanol–water partition coefficient (Wildman–Crippen LogP) is 3.87. The zero-order chi connectivity index (χ0) is 21.2. The van der Waals surface area contributed by atoms with E-state index >= 15 is 0 Å². The van der Waals surface area contributed by atoms with E-state index in [1.54, 1.807) is 36.4 Å². The predicted molar refractivity (Wildman–Crippen MR) is 110 cm³/mol. The number of carbonyl (C=O) groups excluding carboxylic acids is 2. The number of methoxy groups -OCH3 is 1. The third-order valence-corrected chi connectivity index (χ3v) is 3.99. The Bertz CT molecular complexity index is 855. The topological polar surface area (TPSA) is 83.1 Å². The van der Waals surface area contributed by atoms with Crippen molar-refractivity contribution in [2.75, 3.05) is 32.2 Å². The Kier molecular flexibility index (Phi) is 8.61. The SMILES string of the molecule is CCOc1ccc(CC(=O)OCC(=O)Nc2cc(Cl)ccc2OC)cc1OCC. The quantitative estimate of drug-likeness (QED) is 0.586.